The van der Waals surface area contributed by atoms with Crippen molar-refractivity contribution in [1.29, 1.82) is 0 Å². The highest BCUT2D eigenvalue weighted by atomic mass is 16.2. The molecule has 1 atom stereocenters. The van der Waals surface area contributed by atoms with Crippen LogP contribution in [0.2, 0.25) is 0 Å². The zero-order valence-electron chi connectivity index (χ0n) is 22.4. The van der Waals surface area contributed by atoms with Gasteiger partial charge in [-0.1, -0.05) is 24.3 Å². The van der Waals surface area contributed by atoms with Crippen molar-refractivity contribution in [2.24, 2.45) is 0 Å². The number of hydrogen-bond donors (Lipinski definition) is 0. The van der Waals surface area contributed by atoms with Crippen LogP contribution in [0.1, 0.15) is 45.6 Å². The molecule has 5 rings (SSSR count). The second-order valence-corrected chi connectivity index (χ2v) is 10.9. The van der Waals surface area contributed by atoms with Gasteiger partial charge in [-0.05, 0) is 69.8 Å². The number of hydrogen-bond acceptors (Lipinski definition) is 4. The van der Waals surface area contributed by atoms with Crippen molar-refractivity contribution in [2.75, 3.05) is 51.2 Å². The van der Waals surface area contributed by atoms with Crippen LogP contribution < -0.4 is 4.90 Å². The van der Waals surface area contributed by atoms with E-state index in [-0.39, 0.29) is 12.1 Å². The van der Waals surface area contributed by atoms with Gasteiger partial charge in [0.05, 0.1) is 11.2 Å². The molecule has 36 heavy (non-hydrogen) atoms. The first-order valence-corrected chi connectivity index (χ1v) is 13.4. The SMILES string of the molecule is CC(C)N1CC[C@@H](c2ccc(-c3cc4c(N5CCN(C(=O)N(C)C(C)C)CC5)ccnn4c3)cc2)C1. The Bertz CT molecular complexity index is 1190. The number of anilines is 1. The molecule has 0 spiro atoms. The van der Waals surface area contributed by atoms with Crippen molar-refractivity contribution in [3.05, 3.63) is 54.4 Å². The molecule has 2 saturated heterocycles. The summed E-state index contributed by atoms with van der Waals surface area (Å²) >= 11 is 0. The molecular formula is C29H40N6O. The number of likely N-dealkylation sites (tertiary alicyclic amines) is 1. The highest BCUT2D eigenvalue weighted by molar-refractivity contribution is 5.80. The van der Waals surface area contributed by atoms with E-state index in [1.54, 1.807) is 0 Å². The molecule has 4 heterocycles. The van der Waals surface area contributed by atoms with Crippen LogP contribution in [0.4, 0.5) is 10.5 Å². The van der Waals surface area contributed by atoms with Crippen LogP contribution in [0.25, 0.3) is 16.6 Å². The lowest BCUT2D eigenvalue weighted by Crippen LogP contribution is -2.53. The van der Waals surface area contributed by atoms with Gasteiger partial charge in [0.2, 0.25) is 0 Å². The first-order valence-electron chi connectivity index (χ1n) is 13.4. The Morgan fingerprint density at radius 2 is 1.69 bits per heavy atom. The number of rotatable bonds is 5. The normalized spacial score (nSPS) is 19.1. The Labute approximate surface area is 215 Å². The van der Waals surface area contributed by atoms with E-state index < -0.39 is 0 Å². The lowest BCUT2D eigenvalue weighted by molar-refractivity contribution is 0.149. The summed E-state index contributed by atoms with van der Waals surface area (Å²) in [4.78, 5) is 21.5. The lowest BCUT2D eigenvalue weighted by atomic mass is 9.96. The molecule has 0 saturated carbocycles. The number of carbonyl (C=O) groups is 1. The molecule has 3 aromatic rings. The molecule has 2 aromatic heterocycles. The second kappa shape index (κ2) is 10.1. The van der Waals surface area contributed by atoms with Crippen molar-refractivity contribution in [3.63, 3.8) is 0 Å². The summed E-state index contributed by atoms with van der Waals surface area (Å²) in [6, 6.07) is 14.4. The minimum Gasteiger partial charge on any atom is -0.366 e. The minimum absolute atomic E-state index is 0.118. The number of fused-ring (bicyclic) bond motifs is 1. The topological polar surface area (TPSA) is 47.3 Å². The smallest absolute Gasteiger partial charge is 0.320 e. The average molecular weight is 489 g/mol. The van der Waals surface area contributed by atoms with E-state index in [2.05, 4.69) is 85.2 Å². The third-order valence-electron chi connectivity index (χ3n) is 8.12. The fourth-order valence-corrected chi connectivity index (χ4v) is 5.48. The predicted octanol–water partition coefficient (Wildman–Crippen LogP) is 4.78. The van der Waals surface area contributed by atoms with Gasteiger partial charge < -0.3 is 19.6 Å². The number of benzene rings is 1. The molecule has 2 aliphatic heterocycles. The molecule has 0 aliphatic carbocycles. The first-order chi connectivity index (χ1) is 17.3. The van der Waals surface area contributed by atoms with E-state index in [0.29, 0.717) is 12.0 Å². The van der Waals surface area contributed by atoms with Gasteiger partial charge in [-0.15, -0.1) is 0 Å². The van der Waals surface area contributed by atoms with Gasteiger partial charge in [0, 0.05) is 69.8 Å². The summed E-state index contributed by atoms with van der Waals surface area (Å²) in [6.07, 6.45) is 5.24. The van der Waals surface area contributed by atoms with Gasteiger partial charge in [0.25, 0.3) is 0 Å². The summed E-state index contributed by atoms with van der Waals surface area (Å²) in [5, 5.41) is 4.59. The van der Waals surface area contributed by atoms with E-state index in [4.69, 9.17) is 0 Å². The monoisotopic (exact) mass is 488 g/mol. The summed E-state index contributed by atoms with van der Waals surface area (Å²) in [5.41, 5.74) is 6.14. The molecule has 7 nitrogen and oxygen atoms in total. The van der Waals surface area contributed by atoms with Crippen LogP contribution in [-0.2, 0) is 0 Å². The van der Waals surface area contributed by atoms with Crippen LogP contribution in [0.5, 0.6) is 0 Å². The van der Waals surface area contributed by atoms with Gasteiger partial charge in [-0.25, -0.2) is 9.31 Å². The largest absolute Gasteiger partial charge is 0.366 e. The van der Waals surface area contributed by atoms with Crippen molar-refractivity contribution >= 4 is 17.2 Å². The third kappa shape index (κ3) is 4.81. The van der Waals surface area contributed by atoms with Gasteiger partial charge in [0.1, 0.15) is 0 Å². The van der Waals surface area contributed by atoms with Gasteiger partial charge in [-0.2, -0.15) is 5.10 Å². The van der Waals surface area contributed by atoms with Crippen molar-refractivity contribution < 1.29 is 4.79 Å². The van der Waals surface area contributed by atoms with E-state index in [9.17, 15) is 4.79 Å². The summed E-state index contributed by atoms with van der Waals surface area (Å²) in [5.74, 6) is 0.633. The highest BCUT2D eigenvalue weighted by Crippen LogP contribution is 2.32. The van der Waals surface area contributed by atoms with Crippen LogP contribution in [0.3, 0.4) is 0 Å². The molecule has 2 amide bonds. The quantitative estimate of drug-likeness (QED) is 0.519. The zero-order chi connectivity index (χ0) is 25.4. The first kappa shape index (κ1) is 24.6. The Hall–Kier alpha value is -3.06. The molecule has 0 unspecified atom stereocenters. The van der Waals surface area contributed by atoms with E-state index in [1.807, 2.05) is 27.6 Å². The van der Waals surface area contributed by atoms with Crippen molar-refractivity contribution in [3.8, 4) is 11.1 Å². The minimum atomic E-state index is 0.118. The molecular weight excluding hydrogens is 448 g/mol. The van der Waals surface area contributed by atoms with Crippen molar-refractivity contribution in [2.45, 2.75) is 52.1 Å². The third-order valence-corrected chi connectivity index (χ3v) is 8.12. The Kier molecular flexibility index (Phi) is 6.93. The van der Waals surface area contributed by atoms with E-state index >= 15 is 0 Å². The number of nitrogens with zero attached hydrogens (tertiary/aromatic N) is 6. The molecule has 7 heteroatoms. The number of aromatic nitrogens is 2. The molecule has 0 N–H and O–H groups in total. The molecule has 2 aliphatic rings. The average Bonchev–Trinajstić information content (AvgIpc) is 3.56. The second-order valence-electron chi connectivity index (χ2n) is 10.9. The molecule has 0 radical (unpaired) electrons. The number of carbonyl (C=O) groups excluding carboxylic acids is 1. The van der Waals surface area contributed by atoms with Crippen LogP contribution >= 0.6 is 0 Å². The highest BCUT2D eigenvalue weighted by Gasteiger charge is 2.27. The zero-order valence-corrected chi connectivity index (χ0v) is 22.4. The maximum absolute atomic E-state index is 12.7. The number of amides is 2. The van der Waals surface area contributed by atoms with Gasteiger partial charge in [0.15, 0.2) is 0 Å². The Morgan fingerprint density at radius 1 is 0.972 bits per heavy atom. The molecule has 1 aromatic carbocycles. The maximum Gasteiger partial charge on any atom is 0.320 e. The number of urea groups is 1. The predicted molar refractivity (Wildman–Crippen MR) is 147 cm³/mol. The summed E-state index contributed by atoms with van der Waals surface area (Å²) in [7, 11) is 1.88. The summed E-state index contributed by atoms with van der Waals surface area (Å²) < 4.78 is 1.99. The van der Waals surface area contributed by atoms with Crippen LogP contribution in [0.15, 0.2) is 48.8 Å². The van der Waals surface area contributed by atoms with Gasteiger partial charge >= 0.3 is 6.03 Å². The lowest BCUT2D eigenvalue weighted by Gasteiger charge is -2.38. The van der Waals surface area contributed by atoms with Crippen LogP contribution in [-0.4, -0.2) is 88.7 Å². The standard InChI is InChI=1S/C29H40N6O/c1-21(2)31(5)29(36)33-16-14-32(15-17-33)27-10-12-30-35-20-26(18-28(27)35)24-8-6-23(7-9-24)25-11-13-34(19-25)22(3)4/h6-10,12,18,20-22,25H,11,13-17,19H2,1-5H3/t25-/m1/s1. The van der Waals surface area contributed by atoms with E-state index in [0.717, 1.165) is 38.2 Å². The molecule has 2 fully saturated rings. The molecule has 0 bridgehead atoms. The van der Waals surface area contributed by atoms with Crippen molar-refractivity contribution in [1.82, 2.24) is 24.3 Å². The molecule has 192 valence electrons. The fourth-order valence-electron chi connectivity index (χ4n) is 5.48. The number of piperazine rings is 1. The van der Waals surface area contributed by atoms with Gasteiger partial charge in [-0.3, -0.25) is 0 Å². The summed E-state index contributed by atoms with van der Waals surface area (Å²) in [6.45, 7) is 14.1. The van der Waals surface area contributed by atoms with Crippen LogP contribution in [0, 0.1) is 0 Å². The Balaban J connectivity index is 1.30. The maximum atomic E-state index is 12.7. The fraction of sp³-hybridized carbons (Fsp3) is 0.517. The Morgan fingerprint density at radius 3 is 2.33 bits per heavy atom. The van der Waals surface area contributed by atoms with E-state index in [1.165, 1.54) is 35.3 Å².